The molecule has 0 aromatic carbocycles. The average molecular weight is 329 g/mol. The van der Waals surface area contributed by atoms with Gasteiger partial charge in [-0.1, -0.05) is 13.0 Å². The first-order valence-corrected chi connectivity index (χ1v) is 9.47. The minimum atomic E-state index is -0.863. The summed E-state index contributed by atoms with van der Waals surface area (Å²) in [7, 11) is 0. The van der Waals surface area contributed by atoms with Crippen LogP contribution in [0.3, 0.4) is 0 Å². The van der Waals surface area contributed by atoms with Crippen LogP contribution in [0.2, 0.25) is 0 Å². The molecule has 24 heavy (non-hydrogen) atoms. The summed E-state index contributed by atoms with van der Waals surface area (Å²) in [5.41, 5.74) is 1.77. The van der Waals surface area contributed by atoms with Crippen LogP contribution >= 0.6 is 0 Å². The van der Waals surface area contributed by atoms with Gasteiger partial charge >= 0.3 is 0 Å². The van der Waals surface area contributed by atoms with Crippen LogP contribution in [0.15, 0.2) is 23.4 Å². The van der Waals surface area contributed by atoms with E-state index >= 15 is 0 Å². The minimum Gasteiger partial charge on any atom is -0.393 e. The highest BCUT2D eigenvalue weighted by Crippen LogP contribution is 2.71. The van der Waals surface area contributed by atoms with E-state index in [0.717, 1.165) is 50.6 Å². The molecule has 0 aromatic rings. The molecule has 0 aromatic heterocycles. The number of carbonyl (C=O) groups excluding carboxylic acids is 1. The number of hydrogen-bond acceptors (Lipinski definition) is 3. The third kappa shape index (κ3) is 1.69. The lowest BCUT2D eigenvalue weighted by Crippen LogP contribution is -2.52. The molecule has 1 spiro atoms. The van der Waals surface area contributed by atoms with Gasteiger partial charge in [0.15, 0.2) is 0 Å². The monoisotopic (exact) mass is 329 g/mol. The van der Waals surface area contributed by atoms with E-state index in [1.165, 1.54) is 5.57 Å². The number of aliphatic hydroxyl groups is 2. The Labute approximate surface area is 143 Å². The van der Waals surface area contributed by atoms with Gasteiger partial charge in [0.1, 0.15) is 0 Å². The van der Waals surface area contributed by atoms with Gasteiger partial charge in [-0.15, -0.1) is 0 Å². The maximum Gasteiger partial charge on any atom is 0.248 e. The fourth-order valence-electron chi connectivity index (χ4n) is 7.43. The third-order valence-corrected chi connectivity index (χ3v) is 8.39. The van der Waals surface area contributed by atoms with E-state index in [4.69, 9.17) is 0 Å². The Hall–Kier alpha value is -1.13. The third-order valence-electron chi connectivity index (χ3n) is 8.39. The number of allylic oxidation sites excluding steroid dienone is 2. The van der Waals surface area contributed by atoms with Crippen molar-refractivity contribution in [3.05, 3.63) is 23.4 Å². The summed E-state index contributed by atoms with van der Waals surface area (Å²) >= 11 is 0. The van der Waals surface area contributed by atoms with E-state index in [-0.39, 0.29) is 29.3 Å². The van der Waals surface area contributed by atoms with Crippen molar-refractivity contribution in [2.75, 3.05) is 6.61 Å². The van der Waals surface area contributed by atoms with Gasteiger partial charge in [0.05, 0.1) is 12.2 Å². The molecule has 5 rings (SSSR count). The molecule has 2 bridgehead atoms. The van der Waals surface area contributed by atoms with Crippen LogP contribution in [0, 0.1) is 28.6 Å². The topological polar surface area (TPSA) is 69.6 Å². The first-order valence-electron chi connectivity index (χ1n) is 9.47. The summed E-state index contributed by atoms with van der Waals surface area (Å²) in [4.78, 5) is 11.8. The summed E-state index contributed by atoms with van der Waals surface area (Å²) in [5, 5.41) is 23.7. The molecule has 1 aliphatic heterocycles. The Bertz CT molecular complexity index is 682. The molecule has 0 radical (unpaired) electrons. The largest absolute Gasteiger partial charge is 0.393 e. The van der Waals surface area contributed by atoms with Crippen molar-refractivity contribution >= 4 is 5.91 Å². The summed E-state index contributed by atoms with van der Waals surface area (Å²) in [5.74, 6) is 1.32. The Morgan fingerprint density at radius 2 is 2.17 bits per heavy atom. The van der Waals surface area contributed by atoms with Crippen LogP contribution in [-0.4, -0.2) is 28.3 Å². The standard InChI is InChI=1S/C20H27NO3/c1-18-6-5-15-13(8-17(23)21-15)14(18)4-7-19-9-12(2-3-16(18)19)20(24,10-19)11-22/h5,8,12,14,16,22,24H,2-4,6-7,9-11H2,1H3,(H,21,23)/t12-,14-,16+,18-,19+,20+/m1/s1. The Morgan fingerprint density at radius 3 is 2.96 bits per heavy atom. The molecule has 5 aliphatic rings. The fourth-order valence-corrected chi connectivity index (χ4v) is 7.43. The summed E-state index contributed by atoms with van der Waals surface area (Å²) in [6, 6.07) is 0. The molecule has 4 aliphatic carbocycles. The molecule has 4 nitrogen and oxygen atoms in total. The van der Waals surface area contributed by atoms with Crippen molar-refractivity contribution < 1.29 is 15.0 Å². The molecule has 1 heterocycles. The second-order valence-electron chi connectivity index (χ2n) is 9.34. The number of rotatable bonds is 1. The molecule has 3 saturated carbocycles. The first-order chi connectivity index (χ1) is 11.4. The van der Waals surface area contributed by atoms with Gasteiger partial charge in [0.2, 0.25) is 5.91 Å². The number of fused-ring (bicyclic) bond motifs is 5. The van der Waals surface area contributed by atoms with E-state index in [1.807, 2.05) is 6.08 Å². The Kier molecular flexibility index (Phi) is 2.86. The van der Waals surface area contributed by atoms with Gasteiger partial charge in [-0.3, -0.25) is 4.79 Å². The average Bonchev–Trinajstić information content (AvgIpc) is 3.02. The van der Waals surface area contributed by atoms with Crippen LogP contribution < -0.4 is 5.32 Å². The zero-order valence-corrected chi connectivity index (χ0v) is 14.3. The fraction of sp³-hybridized carbons (Fsp3) is 0.750. The number of aliphatic hydroxyl groups excluding tert-OH is 1. The minimum absolute atomic E-state index is 0.0278. The highest BCUT2D eigenvalue weighted by molar-refractivity contribution is 5.95. The molecule has 1 amide bonds. The van der Waals surface area contributed by atoms with Gasteiger partial charge in [-0.25, -0.2) is 0 Å². The zero-order valence-electron chi connectivity index (χ0n) is 14.3. The summed E-state index contributed by atoms with van der Waals surface area (Å²) in [6.45, 7) is 2.32. The van der Waals surface area contributed by atoms with Crippen LogP contribution in [0.25, 0.3) is 0 Å². The second-order valence-corrected chi connectivity index (χ2v) is 9.34. The second kappa shape index (κ2) is 4.53. The molecule has 4 heteroatoms. The Balaban J connectivity index is 1.56. The van der Waals surface area contributed by atoms with Crippen molar-refractivity contribution in [3.8, 4) is 0 Å². The van der Waals surface area contributed by atoms with Crippen LogP contribution in [0.4, 0.5) is 0 Å². The number of hydrogen-bond donors (Lipinski definition) is 3. The lowest BCUT2D eigenvalue weighted by molar-refractivity contribution is -0.115. The smallest absolute Gasteiger partial charge is 0.248 e. The van der Waals surface area contributed by atoms with Crippen LogP contribution in [0.1, 0.15) is 51.9 Å². The van der Waals surface area contributed by atoms with Gasteiger partial charge in [0.25, 0.3) is 0 Å². The van der Waals surface area contributed by atoms with E-state index in [1.54, 1.807) is 0 Å². The molecule has 0 saturated heterocycles. The van der Waals surface area contributed by atoms with Crippen LogP contribution in [-0.2, 0) is 4.79 Å². The maximum atomic E-state index is 11.8. The maximum absolute atomic E-state index is 11.8. The van der Waals surface area contributed by atoms with Crippen molar-refractivity contribution in [1.82, 2.24) is 5.32 Å². The molecular formula is C20H27NO3. The predicted octanol–water partition coefficient (Wildman–Crippen LogP) is 2.28. The van der Waals surface area contributed by atoms with Crippen molar-refractivity contribution in [1.29, 1.82) is 0 Å². The summed E-state index contributed by atoms with van der Waals surface area (Å²) in [6.07, 6.45) is 11.3. The molecule has 3 fully saturated rings. The SMILES string of the molecule is C[C@@]12CC=C3NC(=O)C=C3[C@H]1CC[C@@]13C[C@@H](CC[C@H]12)[C@@](O)(CO)C3. The normalized spacial score (nSPS) is 52.0. The van der Waals surface area contributed by atoms with Crippen molar-refractivity contribution in [3.63, 3.8) is 0 Å². The Morgan fingerprint density at radius 1 is 1.33 bits per heavy atom. The van der Waals surface area contributed by atoms with E-state index in [9.17, 15) is 15.0 Å². The molecule has 3 N–H and O–H groups in total. The van der Waals surface area contributed by atoms with Gasteiger partial charge in [-0.05, 0) is 79.1 Å². The number of amides is 1. The van der Waals surface area contributed by atoms with Gasteiger partial charge < -0.3 is 15.5 Å². The molecule has 130 valence electrons. The molecule has 0 unspecified atom stereocenters. The molecular weight excluding hydrogens is 302 g/mol. The van der Waals surface area contributed by atoms with Crippen LogP contribution in [0.5, 0.6) is 0 Å². The molecule has 6 atom stereocenters. The highest BCUT2D eigenvalue weighted by Gasteiger charge is 2.65. The van der Waals surface area contributed by atoms with Crippen molar-refractivity contribution in [2.24, 2.45) is 28.6 Å². The number of carbonyl (C=O) groups is 1. The van der Waals surface area contributed by atoms with E-state index < -0.39 is 5.60 Å². The van der Waals surface area contributed by atoms with Gasteiger partial charge in [-0.2, -0.15) is 0 Å². The number of nitrogens with one attached hydrogen (secondary N) is 1. The zero-order chi connectivity index (χ0) is 16.7. The first kappa shape index (κ1) is 15.2. The quantitative estimate of drug-likeness (QED) is 0.691. The lowest BCUT2D eigenvalue weighted by atomic mass is 9.45. The van der Waals surface area contributed by atoms with E-state index in [0.29, 0.717) is 11.8 Å². The van der Waals surface area contributed by atoms with Crippen molar-refractivity contribution in [2.45, 2.75) is 57.5 Å². The van der Waals surface area contributed by atoms with E-state index in [2.05, 4.69) is 18.3 Å². The summed E-state index contributed by atoms with van der Waals surface area (Å²) < 4.78 is 0. The predicted molar refractivity (Wildman–Crippen MR) is 89.7 cm³/mol. The lowest BCUT2D eigenvalue weighted by Gasteiger charge is -2.59. The highest BCUT2D eigenvalue weighted by atomic mass is 16.3. The van der Waals surface area contributed by atoms with Gasteiger partial charge in [0, 0.05) is 11.8 Å².